The first-order chi connectivity index (χ1) is 11.7. The number of alkyl carbamates (subject to hydrolysis) is 1. The minimum absolute atomic E-state index is 0.226. The van der Waals surface area contributed by atoms with Crippen LogP contribution in [-0.4, -0.2) is 66.6 Å². The molecule has 0 atom stereocenters. The normalized spacial score (nSPS) is 15.3. The van der Waals surface area contributed by atoms with Gasteiger partial charge in [-0.3, -0.25) is 0 Å². The van der Waals surface area contributed by atoms with E-state index in [4.69, 9.17) is 21.7 Å². The minimum atomic E-state index is -0.507. The minimum Gasteiger partial charge on any atom is -0.450 e. The van der Waals surface area contributed by atoms with Crippen molar-refractivity contribution in [2.24, 2.45) is 0 Å². The first kappa shape index (κ1) is 21.3. The van der Waals surface area contributed by atoms with Crippen LogP contribution in [0.1, 0.15) is 40.5 Å². The van der Waals surface area contributed by atoms with Gasteiger partial charge in [0.15, 0.2) is 5.11 Å². The van der Waals surface area contributed by atoms with Crippen molar-refractivity contribution < 1.29 is 19.1 Å². The number of carbonyl (C=O) groups is 2. The Morgan fingerprint density at radius 2 is 1.76 bits per heavy atom. The molecule has 0 aromatic heterocycles. The number of nitrogens with one attached hydrogen (secondary N) is 3. The van der Waals surface area contributed by atoms with Gasteiger partial charge < -0.3 is 30.3 Å². The number of thiocarbonyl (C=S) groups is 1. The summed E-state index contributed by atoms with van der Waals surface area (Å²) in [6, 6.07) is 0.226. The largest absolute Gasteiger partial charge is 0.450 e. The number of hydrogen-bond acceptors (Lipinski definition) is 5. The van der Waals surface area contributed by atoms with Crippen molar-refractivity contribution in [2.75, 3.05) is 32.8 Å². The molecule has 0 radical (unpaired) electrons. The molecule has 2 amide bonds. The predicted molar refractivity (Wildman–Crippen MR) is 99.6 cm³/mol. The van der Waals surface area contributed by atoms with Crippen molar-refractivity contribution in [3.05, 3.63) is 0 Å². The molecular formula is C16H30N4O4S. The second-order valence-electron chi connectivity index (χ2n) is 6.79. The standard InChI is InChI=1S/C16H30N4O4S/c1-5-23-15(22)20-10-6-12(7-11-20)19-13(25)17-8-9-18-14(21)24-16(2,3)4/h12H,5-11H2,1-4H3,(H,18,21)(H2,17,19,25). The van der Waals surface area contributed by atoms with Gasteiger partial charge in [-0.1, -0.05) is 0 Å². The van der Waals surface area contributed by atoms with E-state index in [1.165, 1.54) is 0 Å². The number of piperidine rings is 1. The van der Waals surface area contributed by atoms with E-state index in [-0.39, 0.29) is 12.1 Å². The van der Waals surface area contributed by atoms with E-state index >= 15 is 0 Å². The monoisotopic (exact) mass is 374 g/mol. The second-order valence-corrected chi connectivity index (χ2v) is 7.20. The zero-order valence-corrected chi connectivity index (χ0v) is 16.3. The number of hydrogen-bond donors (Lipinski definition) is 3. The van der Waals surface area contributed by atoms with Crippen molar-refractivity contribution in [3.63, 3.8) is 0 Å². The Kier molecular flexibility index (Phi) is 8.74. The molecule has 0 aromatic carbocycles. The quantitative estimate of drug-likeness (QED) is 0.497. The average molecular weight is 375 g/mol. The third-order valence-corrected chi connectivity index (χ3v) is 3.70. The Morgan fingerprint density at radius 1 is 1.16 bits per heavy atom. The maximum absolute atomic E-state index is 11.6. The molecule has 1 aliphatic heterocycles. The van der Waals surface area contributed by atoms with Gasteiger partial charge in [-0.15, -0.1) is 0 Å². The zero-order valence-electron chi connectivity index (χ0n) is 15.5. The lowest BCUT2D eigenvalue weighted by molar-refractivity contribution is 0.0528. The Morgan fingerprint density at radius 3 is 2.32 bits per heavy atom. The topological polar surface area (TPSA) is 91.9 Å². The third-order valence-electron chi connectivity index (χ3n) is 3.43. The van der Waals surface area contributed by atoms with E-state index < -0.39 is 11.7 Å². The van der Waals surface area contributed by atoms with E-state index in [2.05, 4.69) is 16.0 Å². The molecule has 8 nitrogen and oxygen atoms in total. The van der Waals surface area contributed by atoms with Crippen molar-refractivity contribution in [1.82, 2.24) is 20.9 Å². The highest BCUT2D eigenvalue weighted by atomic mass is 32.1. The Balaban J connectivity index is 2.13. The van der Waals surface area contributed by atoms with Crippen LogP contribution in [0.2, 0.25) is 0 Å². The van der Waals surface area contributed by atoms with Crippen LogP contribution in [0.4, 0.5) is 9.59 Å². The van der Waals surface area contributed by atoms with Gasteiger partial charge in [-0.25, -0.2) is 9.59 Å². The molecule has 1 saturated heterocycles. The van der Waals surface area contributed by atoms with Gasteiger partial charge in [0, 0.05) is 32.2 Å². The molecule has 25 heavy (non-hydrogen) atoms. The molecule has 0 saturated carbocycles. The summed E-state index contributed by atoms with van der Waals surface area (Å²) in [6.07, 6.45) is 0.933. The van der Waals surface area contributed by atoms with Crippen LogP contribution in [0.25, 0.3) is 0 Å². The van der Waals surface area contributed by atoms with Crippen molar-refractivity contribution in [2.45, 2.75) is 52.2 Å². The first-order valence-corrected chi connectivity index (χ1v) is 9.05. The van der Waals surface area contributed by atoms with Gasteiger partial charge >= 0.3 is 12.2 Å². The molecule has 0 aromatic rings. The Labute approximate surface area is 155 Å². The first-order valence-electron chi connectivity index (χ1n) is 8.64. The third kappa shape index (κ3) is 9.33. The van der Waals surface area contributed by atoms with E-state index in [0.29, 0.717) is 37.9 Å². The van der Waals surface area contributed by atoms with Gasteiger partial charge in [0.2, 0.25) is 0 Å². The van der Waals surface area contributed by atoms with Gasteiger partial charge in [0.1, 0.15) is 5.60 Å². The fourth-order valence-electron chi connectivity index (χ4n) is 2.31. The molecule has 9 heteroatoms. The van der Waals surface area contributed by atoms with Crippen LogP contribution in [-0.2, 0) is 9.47 Å². The van der Waals surface area contributed by atoms with Crippen molar-refractivity contribution in [3.8, 4) is 0 Å². The molecule has 0 unspecified atom stereocenters. The number of amides is 2. The number of carbonyl (C=O) groups excluding carboxylic acids is 2. The lowest BCUT2D eigenvalue weighted by Crippen LogP contribution is -2.50. The summed E-state index contributed by atoms with van der Waals surface area (Å²) < 4.78 is 10.1. The van der Waals surface area contributed by atoms with Gasteiger partial charge in [-0.2, -0.15) is 0 Å². The summed E-state index contributed by atoms with van der Waals surface area (Å²) in [5, 5.41) is 9.48. The molecule has 1 heterocycles. The Bertz CT molecular complexity index is 460. The summed E-state index contributed by atoms with van der Waals surface area (Å²) >= 11 is 5.25. The zero-order chi connectivity index (χ0) is 18.9. The molecule has 1 fully saturated rings. The summed E-state index contributed by atoms with van der Waals surface area (Å²) in [6.45, 7) is 9.87. The fourth-order valence-corrected chi connectivity index (χ4v) is 2.58. The number of rotatable bonds is 5. The van der Waals surface area contributed by atoms with Crippen LogP contribution in [0.5, 0.6) is 0 Å². The lowest BCUT2D eigenvalue weighted by atomic mass is 10.1. The van der Waals surface area contributed by atoms with Crippen molar-refractivity contribution in [1.29, 1.82) is 0 Å². The predicted octanol–water partition coefficient (Wildman–Crippen LogP) is 1.60. The summed E-state index contributed by atoms with van der Waals surface area (Å²) in [4.78, 5) is 24.9. The van der Waals surface area contributed by atoms with Gasteiger partial charge in [0.05, 0.1) is 6.61 Å². The maximum atomic E-state index is 11.6. The molecule has 1 rings (SSSR count). The van der Waals surface area contributed by atoms with Crippen LogP contribution in [0.15, 0.2) is 0 Å². The van der Waals surface area contributed by atoms with Gasteiger partial charge in [-0.05, 0) is 52.8 Å². The number of ether oxygens (including phenoxy) is 2. The number of likely N-dealkylation sites (tertiary alicyclic amines) is 1. The van der Waals surface area contributed by atoms with Crippen LogP contribution >= 0.6 is 12.2 Å². The van der Waals surface area contributed by atoms with Gasteiger partial charge in [0.25, 0.3) is 0 Å². The van der Waals surface area contributed by atoms with E-state index in [0.717, 1.165) is 12.8 Å². The molecular weight excluding hydrogens is 344 g/mol. The Hall–Kier alpha value is -1.77. The SMILES string of the molecule is CCOC(=O)N1CCC(NC(=S)NCCNC(=O)OC(C)(C)C)CC1. The van der Waals surface area contributed by atoms with Crippen LogP contribution < -0.4 is 16.0 Å². The fraction of sp³-hybridized carbons (Fsp3) is 0.812. The highest BCUT2D eigenvalue weighted by Crippen LogP contribution is 2.11. The average Bonchev–Trinajstić information content (AvgIpc) is 2.51. The lowest BCUT2D eigenvalue weighted by Gasteiger charge is -2.32. The molecule has 1 aliphatic rings. The van der Waals surface area contributed by atoms with E-state index in [9.17, 15) is 9.59 Å². The highest BCUT2D eigenvalue weighted by Gasteiger charge is 2.23. The van der Waals surface area contributed by atoms with Crippen LogP contribution in [0.3, 0.4) is 0 Å². The molecule has 0 aliphatic carbocycles. The highest BCUT2D eigenvalue weighted by molar-refractivity contribution is 7.80. The van der Waals surface area contributed by atoms with Crippen molar-refractivity contribution >= 4 is 29.5 Å². The maximum Gasteiger partial charge on any atom is 0.409 e. The molecule has 0 bridgehead atoms. The smallest absolute Gasteiger partial charge is 0.409 e. The summed E-state index contributed by atoms with van der Waals surface area (Å²) in [5.74, 6) is 0. The molecule has 3 N–H and O–H groups in total. The molecule has 144 valence electrons. The number of nitrogens with zero attached hydrogens (tertiary/aromatic N) is 1. The van der Waals surface area contributed by atoms with Crippen LogP contribution in [0, 0.1) is 0 Å². The van der Waals surface area contributed by atoms with E-state index in [1.807, 2.05) is 20.8 Å². The molecule has 0 spiro atoms. The van der Waals surface area contributed by atoms with E-state index in [1.54, 1.807) is 11.8 Å². The second kappa shape index (κ2) is 10.3. The summed E-state index contributed by atoms with van der Waals surface area (Å²) in [5.41, 5.74) is -0.507. The summed E-state index contributed by atoms with van der Waals surface area (Å²) in [7, 11) is 0.